The molecule has 5 heteroatoms. The number of halogens is 4. The molecule has 0 aromatic heterocycles. The highest BCUT2D eigenvalue weighted by Gasteiger charge is 2.30. The molecule has 0 aliphatic heterocycles. The van der Waals surface area contributed by atoms with Gasteiger partial charge in [-0.1, -0.05) is 27.8 Å². The summed E-state index contributed by atoms with van der Waals surface area (Å²) < 4.78 is 37.0. The zero-order valence-electron chi connectivity index (χ0n) is 7.94. The molecule has 84 valence electrons. The summed E-state index contributed by atoms with van der Waals surface area (Å²) in [5.41, 5.74) is -0.607. The molecule has 0 heterocycles. The van der Waals surface area contributed by atoms with E-state index in [9.17, 15) is 18.0 Å². The molecule has 1 aromatic rings. The molecule has 0 aliphatic carbocycles. The molecule has 0 fully saturated rings. The average molecular weight is 291 g/mol. The Bertz CT molecular complexity index is 455. The van der Waals surface area contributed by atoms with Crippen molar-refractivity contribution in [1.82, 2.24) is 0 Å². The summed E-state index contributed by atoms with van der Waals surface area (Å²) >= 11 is 3.06. The van der Waals surface area contributed by atoms with Gasteiger partial charge in [0.05, 0.1) is 10.9 Å². The van der Waals surface area contributed by atoms with Crippen LogP contribution < -0.4 is 0 Å². The molecule has 0 aliphatic rings. The van der Waals surface area contributed by atoms with Crippen LogP contribution in [0.2, 0.25) is 0 Å². The maximum absolute atomic E-state index is 12.3. The number of aldehydes is 1. The van der Waals surface area contributed by atoms with Gasteiger partial charge in [0.1, 0.15) is 0 Å². The smallest absolute Gasteiger partial charge is 0.298 e. The van der Waals surface area contributed by atoms with E-state index in [1.807, 2.05) is 0 Å². The van der Waals surface area contributed by atoms with E-state index >= 15 is 0 Å². The fraction of sp³-hybridized carbons (Fsp3) is 0.182. The summed E-state index contributed by atoms with van der Waals surface area (Å²) in [6, 6.07) is 2.90. The number of benzene rings is 1. The Morgan fingerprint density at radius 1 is 1.38 bits per heavy atom. The van der Waals surface area contributed by atoms with Gasteiger partial charge in [0.15, 0.2) is 6.29 Å². The molecular weight excluding hydrogens is 285 g/mol. The number of hydrogen-bond acceptors (Lipinski definition) is 1. The molecule has 0 N–H and O–H groups in total. The van der Waals surface area contributed by atoms with E-state index in [0.29, 0.717) is 17.2 Å². The van der Waals surface area contributed by atoms with Gasteiger partial charge in [0.2, 0.25) is 0 Å². The van der Waals surface area contributed by atoms with Gasteiger partial charge >= 0.3 is 6.18 Å². The van der Waals surface area contributed by atoms with Crippen LogP contribution in [0.15, 0.2) is 18.2 Å². The van der Waals surface area contributed by atoms with Crippen molar-refractivity contribution in [3.63, 3.8) is 0 Å². The average Bonchev–Trinajstić information content (AvgIpc) is 2.24. The van der Waals surface area contributed by atoms with Crippen LogP contribution in [-0.4, -0.2) is 11.6 Å². The first-order valence-electron chi connectivity index (χ1n) is 4.20. The van der Waals surface area contributed by atoms with Gasteiger partial charge in [0.25, 0.3) is 0 Å². The Kier molecular flexibility index (Phi) is 4.13. The maximum atomic E-state index is 12.3. The number of alkyl halides is 4. The largest absolute Gasteiger partial charge is 0.416 e. The Morgan fingerprint density at radius 2 is 2.06 bits per heavy atom. The normalized spacial score (nSPS) is 10.5. The van der Waals surface area contributed by atoms with Crippen molar-refractivity contribution in [3.8, 4) is 11.8 Å². The van der Waals surface area contributed by atoms with Crippen LogP contribution in [0.1, 0.15) is 21.5 Å². The molecule has 0 radical (unpaired) electrons. The number of carbonyl (C=O) groups excluding carboxylic acids is 1. The molecule has 0 spiro atoms. The molecule has 1 aromatic carbocycles. The van der Waals surface area contributed by atoms with Crippen molar-refractivity contribution < 1.29 is 18.0 Å². The molecular formula is C11H6BrF3O. The van der Waals surface area contributed by atoms with E-state index in [2.05, 4.69) is 27.8 Å². The zero-order valence-corrected chi connectivity index (χ0v) is 9.52. The minimum atomic E-state index is -4.45. The van der Waals surface area contributed by atoms with E-state index in [4.69, 9.17) is 0 Å². The van der Waals surface area contributed by atoms with Gasteiger partial charge < -0.3 is 0 Å². The Hall–Kier alpha value is -1.28. The molecule has 16 heavy (non-hydrogen) atoms. The van der Waals surface area contributed by atoms with E-state index < -0.39 is 11.7 Å². The van der Waals surface area contributed by atoms with Crippen molar-refractivity contribution in [2.75, 3.05) is 5.33 Å². The third-order valence-electron chi connectivity index (χ3n) is 1.80. The standard InChI is InChI=1S/C11H6BrF3O/c12-5-1-2-8-3-4-10(11(13,14)15)6-9(8)7-16/h3-4,6-7H,5H2. The molecule has 0 unspecified atom stereocenters. The van der Waals surface area contributed by atoms with E-state index in [1.54, 1.807) is 0 Å². The second-order valence-electron chi connectivity index (χ2n) is 2.85. The van der Waals surface area contributed by atoms with Gasteiger partial charge in [-0.05, 0) is 18.2 Å². The zero-order chi connectivity index (χ0) is 12.2. The molecule has 0 atom stereocenters. The molecule has 1 rings (SSSR count). The highest BCUT2D eigenvalue weighted by Crippen LogP contribution is 2.30. The number of carbonyl (C=O) groups is 1. The SMILES string of the molecule is O=Cc1cc(C(F)(F)F)ccc1C#CCBr. The fourth-order valence-electron chi connectivity index (χ4n) is 1.08. The van der Waals surface area contributed by atoms with Crippen LogP contribution in [0.25, 0.3) is 0 Å². The summed E-state index contributed by atoms with van der Waals surface area (Å²) in [7, 11) is 0. The quantitative estimate of drug-likeness (QED) is 0.441. The van der Waals surface area contributed by atoms with Gasteiger partial charge in [-0.15, -0.1) is 0 Å². The van der Waals surface area contributed by atoms with Crippen molar-refractivity contribution in [2.45, 2.75) is 6.18 Å². The Morgan fingerprint density at radius 3 is 2.56 bits per heavy atom. The lowest BCUT2D eigenvalue weighted by molar-refractivity contribution is -0.137. The lowest BCUT2D eigenvalue weighted by Gasteiger charge is -2.07. The number of rotatable bonds is 1. The Labute approximate surface area is 98.8 Å². The second kappa shape index (κ2) is 5.17. The van der Waals surface area contributed by atoms with Crippen LogP contribution in [0, 0.1) is 11.8 Å². The molecule has 0 saturated heterocycles. The molecule has 0 saturated carbocycles. The molecule has 0 bridgehead atoms. The van der Waals surface area contributed by atoms with Gasteiger partial charge in [-0.25, -0.2) is 0 Å². The minimum absolute atomic E-state index is 0.0525. The summed E-state index contributed by atoms with van der Waals surface area (Å²) in [5, 5.41) is 0.395. The summed E-state index contributed by atoms with van der Waals surface area (Å²) in [6.07, 6.45) is -4.08. The van der Waals surface area contributed by atoms with Crippen LogP contribution in [0.5, 0.6) is 0 Å². The van der Waals surface area contributed by atoms with E-state index in [1.165, 1.54) is 6.07 Å². The van der Waals surface area contributed by atoms with E-state index in [0.717, 1.165) is 12.1 Å². The summed E-state index contributed by atoms with van der Waals surface area (Å²) in [6.45, 7) is 0. The topological polar surface area (TPSA) is 17.1 Å². The van der Waals surface area contributed by atoms with Gasteiger partial charge in [0, 0.05) is 11.1 Å². The third kappa shape index (κ3) is 3.11. The van der Waals surface area contributed by atoms with Crippen molar-refractivity contribution in [2.24, 2.45) is 0 Å². The van der Waals surface area contributed by atoms with Crippen LogP contribution in [0.3, 0.4) is 0 Å². The van der Waals surface area contributed by atoms with Crippen LogP contribution in [-0.2, 0) is 6.18 Å². The summed E-state index contributed by atoms with van der Waals surface area (Å²) in [5.74, 6) is 5.22. The van der Waals surface area contributed by atoms with Crippen molar-refractivity contribution in [3.05, 3.63) is 34.9 Å². The number of hydrogen-bond donors (Lipinski definition) is 0. The molecule has 1 nitrogen and oxygen atoms in total. The van der Waals surface area contributed by atoms with Crippen molar-refractivity contribution in [1.29, 1.82) is 0 Å². The first-order valence-corrected chi connectivity index (χ1v) is 5.32. The highest BCUT2D eigenvalue weighted by atomic mass is 79.9. The lowest BCUT2D eigenvalue weighted by Crippen LogP contribution is -2.06. The molecule has 0 amide bonds. The Balaban J connectivity index is 3.22. The lowest BCUT2D eigenvalue weighted by atomic mass is 10.0. The monoisotopic (exact) mass is 290 g/mol. The fourth-order valence-corrected chi connectivity index (χ4v) is 1.22. The van der Waals surface area contributed by atoms with Gasteiger partial charge in [-0.3, -0.25) is 4.79 Å². The van der Waals surface area contributed by atoms with E-state index in [-0.39, 0.29) is 5.56 Å². The van der Waals surface area contributed by atoms with Crippen LogP contribution >= 0.6 is 15.9 Å². The second-order valence-corrected chi connectivity index (χ2v) is 3.41. The minimum Gasteiger partial charge on any atom is -0.298 e. The van der Waals surface area contributed by atoms with Gasteiger partial charge in [-0.2, -0.15) is 13.2 Å². The first kappa shape index (κ1) is 12.8. The third-order valence-corrected chi connectivity index (χ3v) is 2.08. The van der Waals surface area contributed by atoms with Crippen LogP contribution in [0.4, 0.5) is 13.2 Å². The first-order chi connectivity index (χ1) is 7.49. The predicted molar refractivity (Wildman–Crippen MR) is 57.5 cm³/mol. The maximum Gasteiger partial charge on any atom is 0.416 e. The summed E-state index contributed by atoms with van der Waals surface area (Å²) in [4.78, 5) is 10.6. The predicted octanol–water partition coefficient (Wildman–Crippen LogP) is 3.26. The highest BCUT2D eigenvalue weighted by molar-refractivity contribution is 9.09. The van der Waals surface area contributed by atoms with Crippen molar-refractivity contribution >= 4 is 22.2 Å².